The summed E-state index contributed by atoms with van der Waals surface area (Å²) in [5, 5.41) is 4.37. The van der Waals surface area contributed by atoms with Crippen molar-refractivity contribution in [2.24, 2.45) is 0 Å². The third-order valence-corrected chi connectivity index (χ3v) is 7.16. The zero-order chi connectivity index (χ0) is 26.3. The first-order chi connectivity index (χ1) is 17.6. The lowest BCUT2D eigenvalue weighted by molar-refractivity contribution is 0.103. The summed E-state index contributed by atoms with van der Waals surface area (Å²) in [6, 6.07) is 15.0. The van der Waals surface area contributed by atoms with Crippen LogP contribution in [0.3, 0.4) is 0 Å². The molecule has 0 radical (unpaired) electrons. The van der Waals surface area contributed by atoms with E-state index in [4.69, 9.17) is 10.5 Å². The van der Waals surface area contributed by atoms with Gasteiger partial charge in [0.2, 0.25) is 5.88 Å². The van der Waals surface area contributed by atoms with E-state index < -0.39 is 9.84 Å². The fraction of sp³-hybridized carbons (Fsp3) is 0.179. The number of ketones is 1. The van der Waals surface area contributed by atoms with Crippen LogP contribution in [0, 0.1) is 13.8 Å². The molecule has 0 fully saturated rings. The number of anilines is 1. The average Bonchev–Trinajstić information content (AvgIpc) is 3.42. The van der Waals surface area contributed by atoms with Crippen molar-refractivity contribution in [2.45, 2.75) is 26.0 Å². The molecule has 37 heavy (non-hydrogen) atoms. The van der Waals surface area contributed by atoms with Gasteiger partial charge in [0.15, 0.2) is 15.6 Å². The van der Waals surface area contributed by atoms with E-state index >= 15 is 0 Å². The molecule has 0 saturated heterocycles. The Morgan fingerprint density at radius 3 is 2.54 bits per heavy atom. The van der Waals surface area contributed by atoms with Gasteiger partial charge in [-0.25, -0.2) is 18.1 Å². The van der Waals surface area contributed by atoms with Gasteiger partial charge in [-0.3, -0.25) is 4.79 Å². The monoisotopic (exact) mass is 514 g/mol. The molecular weight excluding hydrogens is 488 g/mol. The van der Waals surface area contributed by atoms with Crippen LogP contribution in [0.5, 0.6) is 11.6 Å². The minimum absolute atomic E-state index is 0.0301. The fourth-order valence-electron chi connectivity index (χ4n) is 4.45. The van der Waals surface area contributed by atoms with E-state index in [2.05, 4.69) is 10.1 Å². The number of aryl methyl sites for hydroxylation is 2. The Hall–Kier alpha value is -4.24. The number of rotatable bonds is 7. The van der Waals surface area contributed by atoms with E-state index in [0.29, 0.717) is 34.9 Å². The summed E-state index contributed by atoms with van der Waals surface area (Å²) in [4.78, 5) is 17.8. The number of carbonyl (C=O) groups excluding carboxylic acids is 1. The van der Waals surface area contributed by atoms with Crippen molar-refractivity contribution in [1.82, 2.24) is 14.8 Å². The van der Waals surface area contributed by atoms with Crippen LogP contribution in [-0.2, 0) is 22.0 Å². The van der Waals surface area contributed by atoms with Crippen LogP contribution < -0.4 is 10.5 Å². The fourth-order valence-corrected chi connectivity index (χ4v) is 5.32. The molecule has 8 nitrogen and oxygen atoms in total. The van der Waals surface area contributed by atoms with Crippen LogP contribution >= 0.6 is 0 Å². The molecule has 0 saturated carbocycles. The van der Waals surface area contributed by atoms with Crippen LogP contribution in [0.25, 0.3) is 11.8 Å². The summed E-state index contributed by atoms with van der Waals surface area (Å²) in [6.45, 7) is 3.77. The van der Waals surface area contributed by atoms with Gasteiger partial charge in [-0.05, 0) is 59.9 Å². The summed E-state index contributed by atoms with van der Waals surface area (Å²) in [7, 11) is -3.17. The zero-order valence-corrected chi connectivity index (χ0v) is 21.5. The van der Waals surface area contributed by atoms with Gasteiger partial charge in [0, 0.05) is 24.3 Å². The second kappa shape index (κ2) is 9.33. The standard InChI is InChI=1S/C28H26N4O4S/c1-17-9-19-11-21(12-20(19)13-22(17)16-37(3,34)35)27(33)24-14-31-32(28(24)29)25-15-30-26(10-18(25)2)36-23-7-5-4-6-8-23/h4-11,13-15H,12,16,29H2,1-3H3. The zero-order valence-electron chi connectivity index (χ0n) is 20.7. The molecule has 9 heteroatoms. The Morgan fingerprint density at radius 1 is 1.08 bits per heavy atom. The van der Waals surface area contributed by atoms with Gasteiger partial charge in [0.1, 0.15) is 11.6 Å². The van der Waals surface area contributed by atoms with Crippen molar-refractivity contribution in [2.75, 3.05) is 12.0 Å². The SMILES string of the molecule is Cc1cc2c(cc1CS(C)(=O)=O)CC(C(=O)c1cnn(-c3cnc(Oc4ccccc4)cc3C)c1N)=C2. The predicted octanol–water partition coefficient (Wildman–Crippen LogP) is 4.63. The molecule has 2 N–H and O–H groups in total. The van der Waals surface area contributed by atoms with Gasteiger partial charge in [-0.15, -0.1) is 0 Å². The van der Waals surface area contributed by atoms with Gasteiger partial charge in [-0.2, -0.15) is 5.10 Å². The summed E-state index contributed by atoms with van der Waals surface area (Å²) in [6.07, 6.45) is 6.54. The molecule has 2 aromatic heterocycles. The van der Waals surface area contributed by atoms with E-state index in [1.165, 1.54) is 17.1 Å². The van der Waals surface area contributed by atoms with Crippen molar-refractivity contribution in [3.8, 4) is 17.3 Å². The van der Waals surface area contributed by atoms with Crippen molar-refractivity contribution in [1.29, 1.82) is 0 Å². The van der Waals surface area contributed by atoms with Crippen LogP contribution in [0.4, 0.5) is 5.82 Å². The van der Waals surface area contributed by atoms with E-state index in [9.17, 15) is 13.2 Å². The number of sulfone groups is 1. The molecule has 2 heterocycles. The lowest BCUT2D eigenvalue weighted by Gasteiger charge is -2.10. The number of carbonyl (C=O) groups is 1. The van der Waals surface area contributed by atoms with Crippen LogP contribution in [0.1, 0.15) is 38.2 Å². The predicted molar refractivity (Wildman–Crippen MR) is 143 cm³/mol. The third kappa shape index (κ3) is 5.03. The minimum atomic E-state index is -3.17. The largest absolute Gasteiger partial charge is 0.439 e. The maximum Gasteiger partial charge on any atom is 0.219 e. The highest BCUT2D eigenvalue weighted by molar-refractivity contribution is 7.89. The molecule has 0 atom stereocenters. The molecule has 1 aliphatic carbocycles. The van der Waals surface area contributed by atoms with Crippen molar-refractivity contribution >= 4 is 27.5 Å². The molecule has 0 unspecified atom stereocenters. The maximum absolute atomic E-state index is 13.4. The number of ether oxygens (including phenoxy) is 1. The number of fused-ring (bicyclic) bond motifs is 1. The number of nitrogens with two attached hydrogens (primary N) is 1. The Kier molecular flexibility index (Phi) is 6.16. The van der Waals surface area contributed by atoms with Gasteiger partial charge in [0.05, 0.1) is 29.4 Å². The number of pyridine rings is 1. The third-order valence-electron chi connectivity index (χ3n) is 6.32. The summed E-state index contributed by atoms with van der Waals surface area (Å²) in [5.41, 5.74) is 12.2. The molecule has 1 aliphatic rings. The molecule has 0 spiro atoms. The van der Waals surface area contributed by atoms with Crippen LogP contribution in [-0.4, -0.2) is 35.2 Å². The first kappa shape index (κ1) is 24.5. The summed E-state index contributed by atoms with van der Waals surface area (Å²) in [5.74, 6) is 1.10. The minimum Gasteiger partial charge on any atom is -0.439 e. The Balaban J connectivity index is 1.38. The number of aromatic nitrogens is 3. The number of nitrogen functional groups attached to an aromatic ring is 1. The van der Waals surface area contributed by atoms with Crippen LogP contribution in [0.2, 0.25) is 0 Å². The Bertz CT molecular complexity index is 1670. The summed E-state index contributed by atoms with van der Waals surface area (Å²) < 4.78 is 30.9. The van der Waals surface area contributed by atoms with Gasteiger partial charge in [-0.1, -0.05) is 30.3 Å². The van der Waals surface area contributed by atoms with Gasteiger partial charge >= 0.3 is 0 Å². The molecule has 2 aromatic carbocycles. The lowest BCUT2D eigenvalue weighted by atomic mass is 10.0. The topological polar surface area (TPSA) is 117 Å². The number of nitrogens with zero attached hydrogens (tertiary/aromatic N) is 3. The molecule has 5 rings (SSSR count). The summed E-state index contributed by atoms with van der Waals surface area (Å²) >= 11 is 0. The van der Waals surface area contributed by atoms with E-state index in [1.807, 2.05) is 62.4 Å². The highest BCUT2D eigenvalue weighted by atomic mass is 32.2. The molecule has 188 valence electrons. The number of hydrogen-bond acceptors (Lipinski definition) is 7. The molecule has 4 aromatic rings. The smallest absolute Gasteiger partial charge is 0.219 e. The number of Topliss-reactive ketones (excluding diaryl/α,β-unsaturated/α-hetero) is 1. The molecule has 0 amide bonds. The first-order valence-electron chi connectivity index (χ1n) is 11.7. The van der Waals surface area contributed by atoms with E-state index in [1.54, 1.807) is 12.3 Å². The van der Waals surface area contributed by atoms with Crippen LogP contribution in [0.15, 0.2) is 66.5 Å². The normalized spacial score (nSPS) is 12.8. The van der Waals surface area contributed by atoms with Gasteiger partial charge in [0.25, 0.3) is 0 Å². The lowest BCUT2D eigenvalue weighted by Crippen LogP contribution is -2.09. The quantitative estimate of drug-likeness (QED) is 0.358. The highest BCUT2D eigenvalue weighted by Gasteiger charge is 2.25. The van der Waals surface area contributed by atoms with Crippen molar-refractivity contribution < 1.29 is 17.9 Å². The Labute approximate surface area is 215 Å². The first-order valence-corrected chi connectivity index (χ1v) is 13.7. The van der Waals surface area contributed by atoms with Crippen molar-refractivity contribution in [3.63, 3.8) is 0 Å². The van der Waals surface area contributed by atoms with Crippen molar-refractivity contribution in [3.05, 3.63) is 99.9 Å². The molecule has 0 bridgehead atoms. The number of para-hydroxylation sites is 1. The second-order valence-corrected chi connectivity index (χ2v) is 11.4. The van der Waals surface area contributed by atoms with Gasteiger partial charge < -0.3 is 10.5 Å². The van der Waals surface area contributed by atoms with E-state index in [-0.39, 0.29) is 17.4 Å². The van der Waals surface area contributed by atoms with E-state index in [0.717, 1.165) is 27.8 Å². The molecule has 0 aliphatic heterocycles. The Morgan fingerprint density at radius 2 is 1.84 bits per heavy atom. The number of allylic oxidation sites excluding steroid dienone is 1. The number of benzene rings is 2. The maximum atomic E-state index is 13.4. The molecular formula is C28H26N4O4S. The highest BCUT2D eigenvalue weighted by Crippen LogP contribution is 2.32. The number of hydrogen-bond donors (Lipinski definition) is 1. The second-order valence-electron chi connectivity index (χ2n) is 9.30. The average molecular weight is 515 g/mol.